The van der Waals surface area contributed by atoms with Gasteiger partial charge in [-0.1, -0.05) is 48.5 Å². The molecule has 5 aromatic rings. The summed E-state index contributed by atoms with van der Waals surface area (Å²) in [6.07, 6.45) is 0.659. The van der Waals surface area contributed by atoms with Gasteiger partial charge in [0.15, 0.2) is 11.3 Å². The van der Waals surface area contributed by atoms with Crippen molar-refractivity contribution in [2.75, 3.05) is 11.4 Å². The Bertz CT molecular complexity index is 1690. The van der Waals surface area contributed by atoms with Crippen LogP contribution < -0.4 is 16.2 Å². The Labute approximate surface area is 211 Å². The van der Waals surface area contributed by atoms with Crippen LogP contribution in [0.1, 0.15) is 33.1 Å². The van der Waals surface area contributed by atoms with Crippen LogP contribution in [0, 0.1) is 0 Å². The van der Waals surface area contributed by atoms with E-state index in [1.54, 1.807) is 25.2 Å². The quantitative estimate of drug-likeness (QED) is 0.392. The molecule has 0 spiro atoms. The van der Waals surface area contributed by atoms with Crippen LogP contribution in [0.4, 0.5) is 5.95 Å². The fraction of sp³-hybridized carbons (Fsp3) is 0.143. The van der Waals surface area contributed by atoms with E-state index in [-0.39, 0.29) is 17.6 Å². The molecule has 2 aromatic heterocycles. The van der Waals surface area contributed by atoms with Crippen molar-refractivity contribution in [2.24, 2.45) is 12.8 Å². The Balaban J connectivity index is 1.56. The van der Waals surface area contributed by atoms with Crippen LogP contribution in [0.5, 0.6) is 5.75 Å². The molecule has 1 aliphatic heterocycles. The first-order valence-electron chi connectivity index (χ1n) is 11.8. The number of primary amides is 1. The van der Waals surface area contributed by atoms with E-state index in [2.05, 4.69) is 4.98 Å². The summed E-state index contributed by atoms with van der Waals surface area (Å²) in [5.74, 6) is -0.658. The number of hydrogen-bond donors (Lipinski definition) is 2. The lowest BCUT2D eigenvalue weighted by atomic mass is 9.87. The second-order valence-corrected chi connectivity index (χ2v) is 8.99. The normalized spacial score (nSPS) is 15.1. The molecule has 0 aliphatic carbocycles. The van der Waals surface area contributed by atoms with E-state index in [0.717, 1.165) is 16.7 Å². The van der Waals surface area contributed by atoms with Crippen molar-refractivity contribution in [3.63, 3.8) is 0 Å². The standard InChI is InChI=1S/C28H23N5O4/c1-32-27(36)24(34)22(26-30-20-9-5-6-10-21(20)37-26)31-28(32)33-14-13-16-11-12-18(25(29)35)15-19(16)23(33)17-7-3-2-4-8-17/h2-12,15,23,34H,13-14H2,1H3,(H2,29,35)/t23-/m1/s1. The van der Waals surface area contributed by atoms with Crippen LogP contribution in [0.25, 0.3) is 22.7 Å². The van der Waals surface area contributed by atoms with E-state index in [4.69, 9.17) is 15.1 Å². The summed E-state index contributed by atoms with van der Waals surface area (Å²) in [4.78, 5) is 36.3. The first-order chi connectivity index (χ1) is 17.9. The Hall–Kier alpha value is -4.92. The molecule has 1 atom stereocenters. The molecule has 0 radical (unpaired) electrons. The summed E-state index contributed by atoms with van der Waals surface area (Å²) in [5.41, 5.74) is 9.40. The molecule has 1 amide bonds. The lowest BCUT2D eigenvalue weighted by Crippen LogP contribution is -2.40. The van der Waals surface area contributed by atoms with Gasteiger partial charge in [-0.05, 0) is 47.4 Å². The van der Waals surface area contributed by atoms with Gasteiger partial charge in [-0.3, -0.25) is 14.2 Å². The number of nitrogens with zero attached hydrogens (tertiary/aromatic N) is 4. The third-order valence-electron chi connectivity index (χ3n) is 6.77. The van der Waals surface area contributed by atoms with Crippen molar-refractivity contribution in [3.8, 4) is 17.3 Å². The number of hydrogen-bond acceptors (Lipinski definition) is 7. The lowest BCUT2D eigenvalue weighted by Gasteiger charge is -2.39. The van der Waals surface area contributed by atoms with Gasteiger partial charge in [0.2, 0.25) is 17.6 Å². The summed E-state index contributed by atoms with van der Waals surface area (Å²) in [5, 5.41) is 10.8. The highest BCUT2D eigenvalue weighted by Crippen LogP contribution is 2.39. The largest absolute Gasteiger partial charge is 0.501 e. The maximum absolute atomic E-state index is 13.2. The van der Waals surface area contributed by atoms with Crippen LogP contribution in [-0.2, 0) is 13.5 Å². The number of benzene rings is 3. The lowest BCUT2D eigenvalue weighted by molar-refractivity contribution is 0.1000. The van der Waals surface area contributed by atoms with Crippen LogP contribution >= 0.6 is 0 Å². The average molecular weight is 494 g/mol. The van der Waals surface area contributed by atoms with Crippen LogP contribution in [-0.4, -0.2) is 32.1 Å². The van der Waals surface area contributed by atoms with E-state index >= 15 is 0 Å². The first kappa shape index (κ1) is 22.5. The van der Waals surface area contributed by atoms with Gasteiger partial charge in [-0.2, -0.15) is 0 Å². The number of anilines is 1. The van der Waals surface area contributed by atoms with Crippen molar-refractivity contribution < 1.29 is 14.3 Å². The predicted molar refractivity (Wildman–Crippen MR) is 138 cm³/mol. The molecule has 184 valence electrons. The molecule has 0 unspecified atom stereocenters. The number of oxazole rings is 1. The minimum absolute atomic E-state index is 0.0298. The molecule has 1 aliphatic rings. The number of aromatic nitrogens is 3. The van der Waals surface area contributed by atoms with Gasteiger partial charge in [0.25, 0.3) is 11.4 Å². The van der Waals surface area contributed by atoms with Gasteiger partial charge in [0.05, 0.1) is 6.04 Å². The molecule has 9 heteroatoms. The summed E-state index contributed by atoms with van der Waals surface area (Å²) in [6.45, 7) is 0.542. The number of fused-ring (bicyclic) bond motifs is 2. The van der Waals surface area contributed by atoms with E-state index in [1.807, 2.05) is 59.5 Å². The zero-order valence-corrected chi connectivity index (χ0v) is 20.0. The molecule has 0 bridgehead atoms. The number of amides is 1. The first-order valence-corrected chi connectivity index (χ1v) is 11.8. The van der Waals surface area contributed by atoms with Gasteiger partial charge in [0.1, 0.15) is 5.52 Å². The van der Waals surface area contributed by atoms with Crippen LogP contribution in [0.2, 0.25) is 0 Å². The maximum atomic E-state index is 13.2. The second-order valence-electron chi connectivity index (χ2n) is 8.99. The van der Waals surface area contributed by atoms with Crippen LogP contribution in [0.15, 0.2) is 82.0 Å². The smallest absolute Gasteiger partial charge is 0.297 e. The van der Waals surface area contributed by atoms with E-state index in [0.29, 0.717) is 35.6 Å². The second kappa shape index (κ2) is 8.63. The van der Waals surface area contributed by atoms with Crippen LogP contribution in [0.3, 0.4) is 0 Å². The number of nitrogens with two attached hydrogens (primary N) is 1. The summed E-state index contributed by atoms with van der Waals surface area (Å²) in [7, 11) is 1.57. The molecular formula is C28H23N5O4. The topological polar surface area (TPSA) is 127 Å². The summed E-state index contributed by atoms with van der Waals surface area (Å²) in [6, 6.07) is 22.1. The zero-order valence-electron chi connectivity index (χ0n) is 20.0. The maximum Gasteiger partial charge on any atom is 0.297 e. The van der Waals surface area contributed by atoms with Gasteiger partial charge in [0, 0.05) is 19.2 Å². The molecule has 0 saturated carbocycles. The van der Waals surface area contributed by atoms with Crippen molar-refractivity contribution >= 4 is 23.0 Å². The Kier molecular flexibility index (Phi) is 5.26. The zero-order chi connectivity index (χ0) is 25.7. The predicted octanol–water partition coefficient (Wildman–Crippen LogP) is 3.55. The fourth-order valence-corrected chi connectivity index (χ4v) is 4.94. The minimum atomic E-state index is -0.620. The Morgan fingerprint density at radius 1 is 1.05 bits per heavy atom. The highest BCUT2D eigenvalue weighted by atomic mass is 16.4. The Morgan fingerprint density at radius 2 is 1.81 bits per heavy atom. The summed E-state index contributed by atoms with van der Waals surface area (Å²) >= 11 is 0. The van der Waals surface area contributed by atoms with Gasteiger partial charge >= 0.3 is 0 Å². The third kappa shape index (κ3) is 3.72. The van der Waals surface area contributed by atoms with E-state index < -0.39 is 17.2 Å². The SMILES string of the molecule is Cn1c(N2CCc3ccc(C(N)=O)cc3[C@H]2c2ccccc2)nc(-c2nc3ccccc3o2)c(O)c1=O. The third-order valence-corrected chi connectivity index (χ3v) is 6.77. The van der Waals surface area contributed by atoms with Gasteiger partial charge in [-0.15, -0.1) is 0 Å². The van der Waals surface area contributed by atoms with Crippen molar-refractivity contribution in [2.45, 2.75) is 12.5 Å². The number of rotatable bonds is 4. The number of carbonyl (C=O) groups excluding carboxylic acids is 1. The molecule has 3 N–H and O–H groups in total. The Morgan fingerprint density at radius 3 is 2.57 bits per heavy atom. The molecule has 3 aromatic carbocycles. The molecule has 6 rings (SSSR count). The van der Waals surface area contributed by atoms with E-state index in [9.17, 15) is 14.7 Å². The number of carbonyl (C=O) groups is 1. The summed E-state index contributed by atoms with van der Waals surface area (Å²) < 4.78 is 7.15. The van der Waals surface area contributed by atoms with Gasteiger partial charge < -0.3 is 20.2 Å². The average Bonchev–Trinajstić information content (AvgIpc) is 3.35. The highest BCUT2D eigenvalue weighted by Gasteiger charge is 2.33. The monoisotopic (exact) mass is 493 g/mol. The van der Waals surface area contributed by atoms with E-state index in [1.165, 1.54) is 4.57 Å². The molecular weight excluding hydrogens is 470 g/mol. The molecule has 9 nitrogen and oxygen atoms in total. The molecule has 3 heterocycles. The highest BCUT2D eigenvalue weighted by molar-refractivity contribution is 5.93. The molecule has 0 saturated heterocycles. The van der Waals surface area contributed by atoms with Crippen molar-refractivity contribution in [1.82, 2.24) is 14.5 Å². The molecule has 0 fully saturated rings. The van der Waals surface area contributed by atoms with Crippen molar-refractivity contribution in [1.29, 1.82) is 0 Å². The molecule has 37 heavy (non-hydrogen) atoms. The number of aromatic hydroxyl groups is 1. The van der Waals surface area contributed by atoms with Crippen molar-refractivity contribution in [3.05, 3.63) is 105 Å². The number of para-hydroxylation sites is 2. The fourth-order valence-electron chi connectivity index (χ4n) is 4.94. The minimum Gasteiger partial charge on any atom is -0.501 e. The van der Waals surface area contributed by atoms with Gasteiger partial charge in [-0.25, -0.2) is 9.97 Å².